The van der Waals surface area contributed by atoms with Crippen LogP contribution in [0.25, 0.3) is 0 Å². The Morgan fingerprint density at radius 3 is 2.15 bits per heavy atom. The predicted molar refractivity (Wildman–Crippen MR) is 91.3 cm³/mol. The lowest BCUT2D eigenvalue weighted by molar-refractivity contribution is -0.146. The number of carbonyl (C=O) groups excluding carboxylic acids is 2. The Kier molecular flexibility index (Phi) is 5.53. The summed E-state index contributed by atoms with van der Waals surface area (Å²) < 4.78 is 18.1. The van der Waals surface area contributed by atoms with Gasteiger partial charge in [0.2, 0.25) is 0 Å². The quantitative estimate of drug-likeness (QED) is 0.856. The van der Waals surface area contributed by atoms with Gasteiger partial charge in [0.05, 0.1) is 0 Å². The first-order valence-electron chi connectivity index (χ1n) is 8.32. The number of carboxylic acids is 1. The van der Waals surface area contributed by atoms with E-state index in [1.165, 1.54) is 29.2 Å². The molecule has 0 unspecified atom stereocenters. The van der Waals surface area contributed by atoms with Gasteiger partial charge in [-0.2, -0.15) is 0 Å². The molecule has 2 N–H and O–H groups in total. The molecule has 1 heterocycles. The van der Waals surface area contributed by atoms with Crippen LogP contribution in [0.4, 0.5) is 9.18 Å². The second-order valence-electron chi connectivity index (χ2n) is 7.31. The first-order valence-corrected chi connectivity index (χ1v) is 8.32. The Balaban J connectivity index is 2.04. The second kappa shape index (κ2) is 7.31. The van der Waals surface area contributed by atoms with Crippen LogP contribution in [0.15, 0.2) is 24.3 Å². The summed E-state index contributed by atoms with van der Waals surface area (Å²) in [6.45, 7) is 5.36. The average Bonchev–Trinajstić information content (AvgIpc) is 2.53. The molecule has 1 aliphatic heterocycles. The summed E-state index contributed by atoms with van der Waals surface area (Å²) in [5, 5.41) is 12.0. The Hall–Kier alpha value is -2.64. The molecule has 0 spiro atoms. The van der Waals surface area contributed by atoms with E-state index in [4.69, 9.17) is 4.74 Å². The van der Waals surface area contributed by atoms with E-state index in [2.05, 4.69) is 5.32 Å². The Bertz CT molecular complexity index is 689. The van der Waals surface area contributed by atoms with E-state index in [0.717, 1.165) is 0 Å². The molecular formula is C18H23FN2O5. The third-order valence-corrected chi connectivity index (χ3v) is 4.14. The van der Waals surface area contributed by atoms with Crippen LogP contribution in [-0.4, -0.2) is 52.2 Å². The topological polar surface area (TPSA) is 95.9 Å². The van der Waals surface area contributed by atoms with E-state index in [-0.39, 0.29) is 31.8 Å². The SMILES string of the molecule is CC(C)(C)OC(=O)NC1(C(=O)O)CCN(C(=O)c2ccc(F)cc2)CC1. The number of carboxylic acid groups (broad SMARTS) is 1. The van der Waals surface area contributed by atoms with Crippen molar-refractivity contribution in [1.82, 2.24) is 10.2 Å². The number of hydrogen-bond donors (Lipinski definition) is 2. The second-order valence-corrected chi connectivity index (χ2v) is 7.31. The van der Waals surface area contributed by atoms with Crippen molar-refractivity contribution >= 4 is 18.0 Å². The molecule has 142 valence electrons. The molecule has 2 amide bonds. The van der Waals surface area contributed by atoms with Crippen molar-refractivity contribution in [1.29, 1.82) is 0 Å². The fourth-order valence-electron chi connectivity index (χ4n) is 2.76. The lowest BCUT2D eigenvalue weighted by Crippen LogP contribution is -2.61. The van der Waals surface area contributed by atoms with E-state index < -0.39 is 29.0 Å². The van der Waals surface area contributed by atoms with Gasteiger partial charge in [0.25, 0.3) is 5.91 Å². The van der Waals surface area contributed by atoms with Gasteiger partial charge in [-0.1, -0.05) is 0 Å². The van der Waals surface area contributed by atoms with Gasteiger partial charge < -0.3 is 20.1 Å². The molecule has 0 saturated carbocycles. The van der Waals surface area contributed by atoms with Crippen molar-refractivity contribution in [3.8, 4) is 0 Å². The van der Waals surface area contributed by atoms with E-state index in [0.29, 0.717) is 5.56 Å². The van der Waals surface area contributed by atoms with Crippen molar-refractivity contribution < 1.29 is 28.6 Å². The molecule has 0 aliphatic carbocycles. The highest BCUT2D eigenvalue weighted by Crippen LogP contribution is 2.25. The summed E-state index contributed by atoms with van der Waals surface area (Å²) in [7, 11) is 0. The zero-order valence-corrected chi connectivity index (χ0v) is 15.0. The molecule has 0 bridgehead atoms. The fraction of sp³-hybridized carbons (Fsp3) is 0.500. The van der Waals surface area contributed by atoms with Crippen molar-refractivity contribution in [3.05, 3.63) is 35.6 Å². The van der Waals surface area contributed by atoms with Crippen LogP contribution >= 0.6 is 0 Å². The first-order chi connectivity index (χ1) is 12.0. The lowest BCUT2D eigenvalue weighted by atomic mass is 9.87. The van der Waals surface area contributed by atoms with Gasteiger partial charge in [0.1, 0.15) is 17.0 Å². The van der Waals surface area contributed by atoms with Crippen LogP contribution in [0.1, 0.15) is 44.0 Å². The number of hydrogen-bond acceptors (Lipinski definition) is 4. The molecule has 1 saturated heterocycles. The monoisotopic (exact) mass is 366 g/mol. The molecule has 0 atom stereocenters. The summed E-state index contributed by atoms with van der Waals surface area (Å²) >= 11 is 0. The van der Waals surface area contributed by atoms with Gasteiger partial charge in [0.15, 0.2) is 0 Å². The minimum Gasteiger partial charge on any atom is -0.480 e. The molecule has 1 fully saturated rings. The summed E-state index contributed by atoms with van der Waals surface area (Å²) in [4.78, 5) is 37.7. The van der Waals surface area contributed by atoms with Gasteiger partial charge in [0, 0.05) is 18.7 Å². The van der Waals surface area contributed by atoms with E-state index in [1.54, 1.807) is 20.8 Å². The number of ether oxygens (including phenoxy) is 1. The lowest BCUT2D eigenvalue weighted by Gasteiger charge is -2.39. The Labute approximate surface area is 151 Å². The maximum atomic E-state index is 13.0. The number of benzene rings is 1. The zero-order valence-electron chi connectivity index (χ0n) is 15.0. The van der Waals surface area contributed by atoms with Crippen molar-refractivity contribution in [2.45, 2.75) is 44.8 Å². The van der Waals surface area contributed by atoms with Crippen LogP contribution in [0, 0.1) is 5.82 Å². The molecule has 7 nitrogen and oxygen atoms in total. The molecular weight excluding hydrogens is 343 g/mol. The predicted octanol–water partition coefficient (Wildman–Crippen LogP) is 2.41. The number of aliphatic carboxylic acids is 1. The smallest absolute Gasteiger partial charge is 0.408 e. The van der Waals surface area contributed by atoms with Gasteiger partial charge in [-0.15, -0.1) is 0 Å². The number of carbonyl (C=O) groups is 3. The number of nitrogens with zero attached hydrogens (tertiary/aromatic N) is 1. The van der Waals surface area contributed by atoms with Gasteiger partial charge >= 0.3 is 12.1 Å². The van der Waals surface area contributed by atoms with E-state index in [9.17, 15) is 23.9 Å². The number of piperidine rings is 1. The van der Waals surface area contributed by atoms with Crippen LogP contribution in [0.5, 0.6) is 0 Å². The molecule has 2 rings (SSSR count). The van der Waals surface area contributed by atoms with Crippen LogP contribution < -0.4 is 5.32 Å². The number of amides is 2. The maximum Gasteiger partial charge on any atom is 0.408 e. The first kappa shape index (κ1) is 19.7. The molecule has 1 aromatic carbocycles. The highest BCUT2D eigenvalue weighted by molar-refractivity contribution is 5.94. The average molecular weight is 366 g/mol. The van der Waals surface area contributed by atoms with Gasteiger partial charge in [-0.05, 0) is 57.9 Å². The van der Waals surface area contributed by atoms with Crippen LogP contribution in [0.3, 0.4) is 0 Å². The Morgan fingerprint density at radius 2 is 1.69 bits per heavy atom. The van der Waals surface area contributed by atoms with E-state index in [1.807, 2.05) is 0 Å². The summed E-state index contributed by atoms with van der Waals surface area (Å²) in [6, 6.07) is 5.16. The van der Waals surface area contributed by atoms with Crippen molar-refractivity contribution in [2.75, 3.05) is 13.1 Å². The van der Waals surface area contributed by atoms with E-state index >= 15 is 0 Å². The minimum absolute atomic E-state index is 0.0501. The van der Waals surface area contributed by atoms with Crippen molar-refractivity contribution in [2.24, 2.45) is 0 Å². The summed E-state index contributed by atoms with van der Waals surface area (Å²) in [5.74, 6) is -1.91. The highest BCUT2D eigenvalue weighted by Gasteiger charge is 2.44. The fourth-order valence-corrected chi connectivity index (χ4v) is 2.76. The largest absolute Gasteiger partial charge is 0.480 e. The maximum absolute atomic E-state index is 13.0. The highest BCUT2D eigenvalue weighted by atomic mass is 19.1. The molecule has 0 aromatic heterocycles. The molecule has 1 aromatic rings. The molecule has 8 heteroatoms. The third kappa shape index (κ3) is 4.71. The summed E-state index contributed by atoms with van der Waals surface area (Å²) in [5.41, 5.74) is -1.90. The number of likely N-dealkylation sites (tertiary alicyclic amines) is 1. The molecule has 1 aliphatic rings. The standard InChI is InChI=1S/C18H23FN2O5/c1-17(2,3)26-16(25)20-18(15(23)24)8-10-21(11-9-18)14(22)12-4-6-13(19)7-5-12/h4-7H,8-11H2,1-3H3,(H,20,25)(H,23,24). The number of halogens is 1. The normalized spacial score (nSPS) is 16.7. The van der Waals surface area contributed by atoms with Gasteiger partial charge in [-0.25, -0.2) is 14.0 Å². The number of alkyl carbamates (subject to hydrolysis) is 1. The minimum atomic E-state index is -1.48. The Morgan fingerprint density at radius 1 is 1.15 bits per heavy atom. The number of nitrogens with one attached hydrogen (secondary N) is 1. The number of rotatable bonds is 3. The van der Waals surface area contributed by atoms with Crippen molar-refractivity contribution in [3.63, 3.8) is 0 Å². The molecule has 26 heavy (non-hydrogen) atoms. The van der Waals surface area contributed by atoms with Gasteiger partial charge in [-0.3, -0.25) is 4.79 Å². The van der Waals surface area contributed by atoms with Crippen LogP contribution in [0.2, 0.25) is 0 Å². The third-order valence-electron chi connectivity index (χ3n) is 4.14. The molecule has 0 radical (unpaired) electrons. The zero-order chi connectivity index (χ0) is 19.5. The van der Waals surface area contributed by atoms with Crippen LogP contribution in [-0.2, 0) is 9.53 Å². The summed E-state index contributed by atoms with van der Waals surface area (Å²) in [6.07, 6.45) is -0.707.